The molecular weight excluding hydrogens is 340 g/mol. The minimum Gasteiger partial charge on any atom is -0.368 e. The van der Waals surface area contributed by atoms with E-state index in [1.807, 2.05) is 6.08 Å². The van der Waals surface area contributed by atoms with Crippen LogP contribution in [0.2, 0.25) is 0 Å². The van der Waals surface area contributed by atoms with Crippen molar-refractivity contribution in [3.63, 3.8) is 0 Å². The Morgan fingerprint density at radius 3 is 2.50 bits per heavy atom. The Kier molecular flexibility index (Phi) is 5.40. The van der Waals surface area contributed by atoms with Crippen molar-refractivity contribution < 1.29 is 0 Å². The molecule has 3 aliphatic rings. The highest BCUT2D eigenvalue weighted by atomic mass is 15.3. The molecule has 1 unspecified atom stereocenters. The predicted octanol–water partition coefficient (Wildman–Crippen LogP) is 5.87. The molecule has 1 aromatic carbocycles. The first kappa shape index (κ1) is 19.4. The van der Waals surface area contributed by atoms with E-state index in [0.29, 0.717) is 11.5 Å². The summed E-state index contributed by atoms with van der Waals surface area (Å²) >= 11 is 0. The summed E-state index contributed by atoms with van der Waals surface area (Å²) in [6, 6.07) is 7.86. The van der Waals surface area contributed by atoms with Crippen LogP contribution in [0, 0.1) is 13.8 Å². The molecule has 150 valence electrons. The van der Waals surface area contributed by atoms with Gasteiger partial charge in [0.1, 0.15) is 0 Å². The molecule has 1 saturated carbocycles. The van der Waals surface area contributed by atoms with E-state index in [1.165, 1.54) is 74.0 Å². The fraction of sp³-hybridized carbons (Fsp3) is 0.538. The number of piperazine rings is 1. The Morgan fingerprint density at radius 1 is 1.11 bits per heavy atom. The van der Waals surface area contributed by atoms with Crippen molar-refractivity contribution in [3.05, 3.63) is 71.6 Å². The Morgan fingerprint density at radius 2 is 1.82 bits per heavy atom. The molecule has 3 fully saturated rings. The van der Waals surface area contributed by atoms with Gasteiger partial charge >= 0.3 is 0 Å². The van der Waals surface area contributed by atoms with Crippen LogP contribution in [0.1, 0.15) is 61.6 Å². The lowest BCUT2D eigenvalue weighted by molar-refractivity contribution is 0.173. The van der Waals surface area contributed by atoms with E-state index >= 15 is 0 Å². The van der Waals surface area contributed by atoms with E-state index in [1.54, 1.807) is 5.56 Å². The van der Waals surface area contributed by atoms with Crippen molar-refractivity contribution in [1.82, 2.24) is 9.80 Å². The lowest BCUT2D eigenvalue weighted by Crippen LogP contribution is -2.48. The molecular formula is C26H36N2. The number of fused-ring (bicyclic) bond motifs is 1. The van der Waals surface area contributed by atoms with Crippen molar-refractivity contribution in [2.24, 2.45) is 0 Å². The van der Waals surface area contributed by atoms with Crippen LogP contribution < -0.4 is 0 Å². The molecule has 0 N–H and O–H groups in total. The smallest absolute Gasteiger partial charge is 0.0598 e. The van der Waals surface area contributed by atoms with Crippen molar-refractivity contribution in [3.8, 4) is 0 Å². The number of hydrogen-bond acceptors (Lipinski definition) is 2. The van der Waals surface area contributed by atoms with Crippen LogP contribution >= 0.6 is 0 Å². The highest BCUT2D eigenvalue weighted by Gasteiger charge is 2.39. The second kappa shape index (κ2) is 7.81. The Labute approximate surface area is 171 Å². The maximum atomic E-state index is 4.45. The molecule has 28 heavy (non-hydrogen) atoms. The summed E-state index contributed by atoms with van der Waals surface area (Å²) < 4.78 is 0. The molecule has 2 nitrogen and oxygen atoms in total. The monoisotopic (exact) mass is 376 g/mol. The van der Waals surface area contributed by atoms with Crippen LogP contribution in [-0.4, -0.2) is 35.5 Å². The number of aryl methyl sites for hydroxylation is 2. The highest BCUT2D eigenvalue weighted by molar-refractivity contribution is 5.36. The molecule has 4 rings (SSSR count). The Bertz CT molecular complexity index is 761. The number of allylic oxidation sites excluding steroid dienone is 2. The summed E-state index contributed by atoms with van der Waals surface area (Å²) in [6.07, 6.45) is 13.3. The van der Waals surface area contributed by atoms with Gasteiger partial charge in [-0.3, -0.25) is 0 Å². The first-order valence-electron chi connectivity index (χ1n) is 11.1. The van der Waals surface area contributed by atoms with Gasteiger partial charge in [-0.05, 0) is 63.0 Å². The molecule has 0 radical (unpaired) electrons. The summed E-state index contributed by atoms with van der Waals surface area (Å²) in [5.74, 6) is 0. The third-order valence-corrected chi connectivity index (χ3v) is 7.32. The summed E-state index contributed by atoms with van der Waals surface area (Å²) in [7, 11) is 0. The molecule has 0 bridgehead atoms. The van der Waals surface area contributed by atoms with E-state index in [9.17, 15) is 0 Å². The molecule has 2 heterocycles. The lowest BCUT2D eigenvalue weighted by Gasteiger charge is -2.44. The first-order valence-corrected chi connectivity index (χ1v) is 11.1. The molecule has 2 aliphatic heterocycles. The standard InChI is InChI=1S/C26H36N2/c1-5-9-25-22(4)28-14-8-10-24(28)19-27(25)15-13-26(11-6-7-12-26)23-17-20(2)16-21(3)18-23/h5,9,16-18,24H,1,4,6-8,10-15,19H2,2-3H3/b25-9-. The van der Waals surface area contributed by atoms with Gasteiger partial charge < -0.3 is 9.80 Å². The highest BCUT2D eigenvalue weighted by Crippen LogP contribution is 2.45. The molecule has 1 aliphatic carbocycles. The van der Waals surface area contributed by atoms with Crippen molar-refractivity contribution in [2.75, 3.05) is 19.6 Å². The van der Waals surface area contributed by atoms with E-state index in [0.717, 1.165) is 13.1 Å². The van der Waals surface area contributed by atoms with Gasteiger partial charge in [-0.2, -0.15) is 0 Å². The van der Waals surface area contributed by atoms with E-state index in [4.69, 9.17) is 0 Å². The second-order valence-corrected chi connectivity index (χ2v) is 9.28. The van der Waals surface area contributed by atoms with Crippen LogP contribution in [0.15, 0.2) is 54.9 Å². The van der Waals surface area contributed by atoms with Gasteiger partial charge in [-0.25, -0.2) is 0 Å². The van der Waals surface area contributed by atoms with E-state index < -0.39 is 0 Å². The van der Waals surface area contributed by atoms with Gasteiger partial charge in [0.15, 0.2) is 0 Å². The number of nitrogens with zero attached hydrogens (tertiary/aromatic N) is 2. The Balaban J connectivity index is 1.57. The van der Waals surface area contributed by atoms with E-state index in [-0.39, 0.29) is 0 Å². The molecule has 1 atom stereocenters. The van der Waals surface area contributed by atoms with E-state index in [2.05, 4.69) is 61.1 Å². The van der Waals surface area contributed by atoms with Gasteiger partial charge in [0.05, 0.1) is 11.4 Å². The third-order valence-electron chi connectivity index (χ3n) is 7.32. The summed E-state index contributed by atoms with van der Waals surface area (Å²) in [5, 5.41) is 0. The minimum atomic E-state index is 0.351. The van der Waals surface area contributed by atoms with Crippen molar-refractivity contribution in [1.29, 1.82) is 0 Å². The first-order chi connectivity index (χ1) is 13.5. The molecule has 0 amide bonds. The number of hydrogen-bond donors (Lipinski definition) is 0. The molecule has 1 aromatic rings. The van der Waals surface area contributed by atoms with Crippen molar-refractivity contribution >= 4 is 0 Å². The quantitative estimate of drug-likeness (QED) is 0.634. The molecule has 0 aromatic heterocycles. The third kappa shape index (κ3) is 3.54. The van der Waals surface area contributed by atoms with Crippen molar-refractivity contribution in [2.45, 2.75) is 70.3 Å². The maximum absolute atomic E-state index is 4.45. The SMILES string of the molecule is C=C/C=C1/C(=C)N2CCCC2CN1CCC1(c2cc(C)cc(C)c2)CCCC1. The lowest BCUT2D eigenvalue weighted by atomic mass is 9.75. The molecule has 2 saturated heterocycles. The summed E-state index contributed by atoms with van der Waals surface area (Å²) in [5.41, 5.74) is 7.24. The average molecular weight is 377 g/mol. The maximum Gasteiger partial charge on any atom is 0.0598 e. The number of benzene rings is 1. The summed E-state index contributed by atoms with van der Waals surface area (Å²) in [4.78, 5) is 5.14. The summed E-state index contributed by atoms with van der Waals surface area (Å²) in [6.45, 7) is 16.3. The normalized spacial score (nSPS) is 25.4. The minimum absolute atomic E-state index is 0.351. The largest absolute Gasteiger partial charge is 0.368 e. The predicted molar refractivity (Wildman–Crippen MR) is 119 cm³/mol. The van der Waals surface area contributed by atoms with Gasteiger partial charge in [-0.1, -0.05) is 61.4 Å². The fourth-order valence-corrected chi connectivity index (χ4v) is 5.95. The van der Waals surface area contributed by atoms with Gasteiger partial charge in [0.25, 0.3) is 0 Å². The Hall–Kier alpha value is -1.96. The van der Waals surface area contributed by atoms with Gasteiger partial charge in [0, 0.05) is 25.7 Å². The second-order valence-electron chi connectivity index (χ2n) is 9.28. The molecule has 2 heteroatoms. The van der Waals surface area contributed by atoms with Crippen LogP contribution in [0.25, 0.3) is 0 Å². The molecule has 0 spiro atoms. The number of rotatable bonds is 5. The zero-order chi connectivity index (χ0) is 19.7. The van der Waals surface area contributed by atoms with Gasteiger partial charge in [-0.15, -0.1) is 0 Å². The van der Waals surface area contributed by atoms with Gasteiger partial charge in [0.2, 0.25) is 0 Å². The van der Waals surface area contributed by atoms with Crippen LogP contribution in [-0.2, 0) is 5.41 Å². The average Bonchev–Trinajstić information content (AvgIpc) is 3.32. The zero-order valence-corrected chi connectivity index (χ0v) is 17.8. The van der Waals surface area contributed by atoms with Crippen LogP contribution in [0.3, 0.4) is 0 Å². The van der Waals surface area contributed by atoms with Crippen LogP contribution in [0.5, 0.6) is 0 Å². The zero-order valence-electron chi connectivity index (χ0n) is 17.8. The topological polar surface area (TPSA) is 6.48 Å². The van der Waals surface area contributed by atoms with Crippen LogP contribution in [0.4, 0.5) is 0 Å². The fourth-order valence-electron chi connectivity index (χ4n) is 5.95.